The van der Waals surface area contributed by atoms with E-state index in [2.05, 4.69) is 5.32 Å². The van der Waals surface area contributed by atoms with E-state index in [1.165, 1.54) is 6.08 Å². The number of ether oxygens (including phenoxy) is 6. The minimum atomic E-state index is -1.43. The van der Waals surface area contributed by atoms with E-state index >= 15 is 0 Å². The summed E-state index contributed by atoms with van der Waals surface area (Å²) >= 11 is 0. The van der Waals surface area contributed by atoms with Crippen LogP contribution in [-0.4, -0.2) is 79.2 Å². The lowest BCUT2D eigenvalue weighted by Gasteiger charge is -2.47. The van der Waals surface area contributed by atoms with E-state index in [4.69, 9.17) is 28.4 Å². The van der Waals surface area contributed by atoms with Gasteiger partial charge in [-0.2, -0.15) is 0 Å². The Kier molecular flexibility index (Phi) is 13.1. The number of carbonyl (C=O) groups is 5. The number of nitrogens with one attached hydrogen (secondary N) is 1. The van der Waals surface area contributed by atoms with Gasteiger partial charge in [-0.05, 0) is 94.7 Å². The normalized spacial score (nSPS) is 24.8. The van der Waals surface area contributed by atoms with Crippen molar-refractivity contribution in [2.45, 2.75) is 126 Å². The molecule has 0 unspecified atom stereocenters. The number of cyclic esters (lactones) is 1. The van der Waals surface area contributed by atoms with Crippen molar-refractivity contribution in [1.82, 2.24) is 5.32 Å². The van der Waals surface area contributed by atoms with Crippen LogP contribution in [0.3, 0.4) is 0 Å². The molecule has 3 rings (SSSR count). The lowest BCUT2D eigenvalue weighted by molar-refractivity contribution is -0.266. The summed E-state index contributed by atoms with van der Waals surface area (Å²) in [7, 11) is 0. The third kappa shape index (κ3) is 11.8. The average molecular weight is 714 g/mol. The summed E-state index contributed by atoms with van der Waals surface area (Å²) in [5, 5.41) is 3.30. The van der Waals surface area contributed by atoms with Gasteiger partial charge in [-0.1, -0.05) is 42.5 Å². The van der Waals surface area contributed by atoms with Gasteiger partial charge >= 0.3 is 29.8 Å². The molecule has 1 aromatic carbocycles. The lowest BCUT2D eigenvalue weighted by atomic mass is 9.92. The third-order valence-electron chi connectivity index (χ3n) is 7.87. The number of carbonyl (C=O) groups excluding carboxylic acids is 5. The highest BCUT2D eigenvalue weighted by Gasteiger charge is 2.55. The van der Waals surface area contributed by atoms with Gasteiger partial charge in [-0.25, -0.2) is 4.79 Å². The van der Waals surface area contributed by atoms with Crippen molar-refractivity contribution in [1.29, 1.82) is 0 Å². The summed E-state index contributed by atoms with van der Waals surface area (Å²) in [6, 6.07) is 8.66. The zero-order valence-corrected chi connectivity index (χ0v) is 31.9. The average Bonchev–Trinajstić information content (AvgIpc) is 3.44. The van der Waals surface area contributed by atoms with E-state index in [0.29, 0.717) is 0 Å². The Morgan fingerprint density at radius 1 is 0.725 bits per heavy atom. The van der Waals surface area contributed by atoms with Gasteiger partial charge in [0.2, 0.25) is 0 Å². The standard InChI is InChI=1S/C39H55NO11/c1-36(2,3)32(42)46-22-26-28(49-33(43)37(4,5)6)29(50-34(44)38(7,8)9)30(51-35(45)39(10,11)12)31(48-26)40-24(25-20-21-27(41)47-25)19-18-23-16-14-13-15-17-23/h13-21,24-26,28-31,40H,22H2,1-12H3/b19-18+/t24-,25+,26-,28+,29+,30-,31-/m1/s1. The zero-order chi connectivity index (χ0) is 38.5. The van der Waals surface area contributed by atoms with Crippen LogP contribution in [0.4, 0.5) is 0 Å². The molecule has 0 spiro atoms. The van der Waals surface area contributed by atoms with Gasteiger partial charge in [0, 0.05) is 6.08 Å². The minimum Gasteiger partial charge on any atom is -0.462 e. The smallest absolute Gasteiger partial charge is 0.331 e. The van der Waals surface area contributed by atoms with Crippen molar-refractivity contribution in [3.05, 3.63) is 54.1 Å². The predicted octanol–water partition coefficient (Wildman–Crippen LogP) is 5.33. The van der Waals surface area contributed by atoms with Gasteiger partial charge in [0.15, 0.2) is 24.5 Å². The fraction of sp³-hybridized carbons (Fsp3) is 0.615. The number of benzene rings is 1. The molecule has 1 aromatic rings. The summed E-state index contributed by atoms with van der Waals surface area (Å²) in [6.07, 6.45) is -1.00. The van der Waals surface area contributed by atoms with Crippen molar-refractivity contribution in [3.8, 4) is 0 Å². The van der Waals surface area contributed by atoms with Gasteiger partial charge in [0.05, 0.1) is 27.7 Å². The minimum absolute atomic E-state index is 0.400. The van der Waals surface area contributed by atoms with Gasteiger partial charge in [0.25, 0.3) is 0 Å². The van der Waals surface area contributed by atoms with E-state index in [1.54, 1.807) is 95.2 Å². The van der Waals surface area contributed by atoms with E-state index in [-0.39, 0.29) is 0 Å². The van der Waals surface area contributed by atoms with Gasteiger partial charge in [0.1, 0.15) is 18.8 Å². The molecule has 0 radical (unpaired) electrons. The summed E-state index contributed by atoms with van der Waals surface area (Å²) in [6.45, 7) is 19.6. The van der Waals surface area contributed by atoms with Crippen molar-refractivity contribution in [3.63, 3.8) is 0 Å². The Morgan fingerprint density at radius 2 is 1.22 bits per heavy atom. The Hall–Kier alpha value is -4.03. The summed E-state index contributed by atoms with van der Waals surface area (Å²) in [4.78, 5) is 65.8. The third-order valence-corrected chi connectivity index (χ3v) is 7.87. The molecular weight excluding hydrogens is 658 g/mol. The second-order valence-corrected chi connectivity index (χ2v) is 17.0. The predicted molar refractivity (Wildman–Crippen MR) is 188 cm³/mol. The molecule has 12 nitrogen and oxygen atoms in total. The fourth-order valence-corrected chi connectivity index (χ4v) is 4.67. The number of hydrogen-bond donors (Lipinski definition) is 1. The number of hydrogen-bond acceptors (Lipinski definition) is 12. The van der Waals surface area contributed by atoms with E-state index in [0.717, 1.165) is 5.56 Å². The maximum Gasteiger partial charge on any atom is 0.331 e. The van der Waals surface area contributed by atoms with Gasteiger partial charge in [-0.3, -0.25) is 24.5 Å². The van der Waals surface area contributed by atoms with Crippen molar-refractivity contribution < 1.29 is 52.4 Å². The van der Waals surface area contributed by atoms with Crippen LogP contribution in [0, 0.1) is 21.7 Å². The first-order chi connectivity index (χ1) is 23.4. The molecule has 1 fully saturated rings. The van der Waals surface area contributed by atoms with Gasteiger partial charge in [-0.15, -0.1) is 0 Å². The van der Waals surface area contributed by atoms with E-state index < -0.39 is 101 Å². The summed E-state index contributed by atoms with van der Waals surface area (Å²) in [5.74, 6) is -3.06. The molecule has 1 saturated heterocycles. The topological polar surface area (TPSA) is 153 Å². The number of esters is 5. The molecule has 0 saturated carbocycles. The SMILES string of the molecule is CC(C)(C)C(=O)OC[C@H]1O[C@@H](N[C@H](/C=C/c2ccccc2)[C@@H]2C=CC(=O)O2)[C@H](OC(=O)C(C)(C)C)[C@@H](OC(=O)C(C)(C)C)[C@H]1OC(=O)C(C)(C)C. The fourth-order valence-electron chi connectivity index (χ4n) is 4.67. The lowest BCUT2D eigenvalue weighted by Crippen LogP contribution is -2.68. The van der Waals surface area contributed by atoms with Crippen molar-refractivity contribution in [2.75, 3.05) is 6.61 Å². The molecule has 282 valence electrons. The molecule has 0 aliphatic carbocycles. The molecule has 12 heteroatoms. The quantitative estimate of drug-likeness (QED) is 0.247. The van der Waals surface area contributed by atoms with Crippen LogP contribution in [0.5, 0.6) is 0 Å². The molecular formula is C39H55NO11. The Labute approximate surface area is 301 Å². The largest absolute Gasteiger partial charge is 0.462 e. The van der Waals surface area contributed by atoms with E-state index in [9.17, 15) is 24.0 Å². The van der Waals surface area contributed by atoms with Crippen LogP contribution in [0.15, 0.2) is 48.6 Å². The maximum atomic E-state index is 13.6. The molecule has 2 heterocycles. The van der Waals surface area contributed by atoms with Crippen LogP contribution in [0.25, 0.3) is 6.08 Å². The molecule has 1 N–H and O–H groups in total. The van der Waals surface area contributed by atoms with Crippen LogP contribution >= 0.6 is 0 Å². The van der Waals surface area contributed by atoms with E-state index in [1.807, 2.05) is 36.4 Å². The molecule has 51 heavy (non-hydrogen) atoms. The highest BCUT2D eigenvalue weighted by atomic mass is 16.7. The highest BCUT2D eigenvalue weighted by molar-refractivity contribution is 5.84. The first kappa shape index (κ1) is 41.4. The molecule has 0 aromatic heterocycles. The summed E-state index contributed by atoms with van der Waals surface area (Å²) in [5.41, 5.74) is -3.04. The molecule has 2 aliphatic rings. The second kappa shape index (κ2) is 16.1. The first-order valence-electron chi connectivity index (χ1n) is 17.2. The first-order valence-corrected chi connectivity index (χ1v) is 17.2. The number of rotatable bonds is 10. The van der Waals surface area contributed by atoms with Gasteiger partial charge < -0.3 is 28.4 Å². The van der Waals surface area contributed by atoms with Crippen molar-refractivity contribution in [2.24, 2.45) is 21.7 Å². The molecule has 7 atom stereocenters. The maximum absolute atomic E-state index is 13.6. The summed E-state index contributed by atoms with van der Waals surface area (Å²) < 4.78 is 36.1. The van der Waals surface area contributed by atoms with Crippen LogP contribution < -0.4 is 5.32 Å². The molecule has 2 aliphatic heterocycles. The van der Waals surface area contributed by atoms with Crippen LogP contribution in [0.2, 0.25) is 0 Å². The molecule has 0 amide bonds. The highest BCUT2D eigenvalue weighted by Crippen LogP contribution is 2.34. The Morgan fingerprint density at radius 3 is 1.69 bits per heavy atom. The monoisotopic (exact) mass is 713 g/mol. The van der Waals surface area contributed by atoms with Crippen molar-refractivity contribution >= 4 is 35.9 Å². The zero-order valence-electron chi connectivity index (χ0n) is 31.9. The Balaban J connectivity index is 2.20. The second-order valence-electron chi connectivity index (χ2n) is 17.0. The Bertz CT molecular complexity index is 1470. The molecule has 0 bridgehead atoms. The van der Waals surface area contributed by atoms with Crippen LogP contribution in [-0.2, 0) is 52.4 Å². The van der Waals surface area contributed by atoms with Crippen LogP contribution in [0.1, 0.15) is 88.6 Å².